The normalized spacial score (nSPS) is 22.6. The summed E-state index contributed by atoms with van der Waals surface area (Å²) in [5, 5.41) is 5.67. The Labute approximate surface area is 106 Å². The van der Waals surface area contributed by atoms with Gasteiger partial charge in [-0.3, -0.25) is 4.79 Å². The van der Waals surface area contributed by atoms with Crippen molar-refractivity contribution in [3.8, 4) is 0 Å². The molecule has 0 spiro atoms. The molecule has 1 fully saturated rings. The van der Waals surface area contributed by atoms with Gasteiger partial charge in [-0.15, -0.1) is 11.3 Å². The van der Waals surface area contributed by atoms with E-state index < -0.39 is 0 Å². The molecule has 17 heavy (non-hydrogen) atoms. The fraction of sp³-hybridized carbons (Fsp3) is 0.667. The van der Waals surface area contributed by atoms with Gasteiger partial charge in [-0.05, 0) is 18.3 Å². The lowest BCUT2D eigenvalue weighted by molar-refractivity contribution is 0.0905. The number of aromatic nitrogens is 1. The third kappa shape index (κ3) is 2.66. The van der Waals surface area contributed by atoms with Crippen LogP contribution in [0.25, 0.3) is 0 Å². The average Bonchev–Trinajstić information content (AvgIpc) is 2.86. The maximum absolute atomic E-state index is 12.0. The molecule has 1 saturated carbocycles. The van der Waals surface area contributed by atoms with Crippen molar-refractivity contribution in [2.45, 2.75) is 45.7 Å². The van der Waals surface area contributed by atoms with Gasteiger partial charge in [0, 0.05) is 18.0 Å². The van der Waals surface area contributed by atoms with Crippen LogP contribution in [0.15, 0.2) is 5.38 Å². The van der Waals surface area contributed by atoms with E-state index in [0.29, 0.717) is 12.2 Å². The van der Waals surface area contributed by atoms with Gasteiger partial charge in [0.2, 0.25) is 0 Å². The molecule has 1 aromatic heterocycles. The maximum atomic E-state index is 12.0. The number of hydrogen-bond donors (Lipinski definition) is 2. The van der Waals surface area contributed by atoms with Crippen molar-refractivity contribution < 1.29 is 4.79 Å². The van der Waals surface area contributed by atoms with Crippen molar-refractivity contribution in [3.63, 3.8) is 0 Å². The molecule has 1 aromatic rings. The van der Waals surface area contributed by atoms with Gasteiger partial charge in [0.15, 0.2) is 0 Å². The summed E-state index contributed by atoms with van der Waals surface area (Å²) in [6.45, 7) is 4.81. The van der Waals surface area contributed by atoms with Gasteiger partial charge in [-0.1, -0.05) is 20.3 Å². The molecule has 1 heterocycles. The van der Waals surface area contributed by atoms with Crippen LogP contribution in [0.2, 0.25) is 0 Å². The van der Waals surface area contributed by atoms with Gasteiger partial charge in [-0.25, -0.2) is 4.98 Å². The fourth-order valence-electron chi connectivity index (χ4n) is 2.34. The number of rotatable bonds is 3. The van der Waals surface area contributed by atoms with Crippen molar-refractivity contribution in [1.82, 2.24) is 10.3 Å². The molecule has 5 heteroatoms. The maximum Gasteiger partial charge on any atom is 0.270 e. The van der Waals surface area contributed by atoms with E-state index in [0.717, 1.165) is 11.4 Å². The van der Waals surface area contributed by atoms with Crippen molar-refractivity contribution in [2.75, 3.05) is 0 Å². The summed E-state index contributed by atoms with van der Waals surface area (Å²) in [5.41, 5.74) is 6.18. The van der Waals surface area contributed by atoms with E-state index >= 15 is 0 Å². The van der Waals surface area contributed by atoms with Crippen LogP contribution < -0.4 is 11.1 Å². The molecule has 94 valence electrons. The zero-order valence-corrected chi connectivity index (χ0v) is 11.1. The van der Waals surface area contributed by atoms with E-state index in [2.05, 4.69) is 24.1 Å². The standard InChI is InChI=1S/C12H19N3OS/c1-12(2)5-3-4-9(12)15-11(16)8-7-17-10(6-13)14-8/h7,9H,3-6,13H2,1-2H3,(H,15,16). The van der Waals surface area contributed by atoms with Gasteiger partial charge in [-0.2, -0.15) is 0 Å². The molecule has 0 aromatic carbocycles. The van der Waals surface area contributed by atoms with E-state index in [4.69, 9.17) is 5.73 Å². The minimum Gasteiger partial charge on any atom is -0.347 e. The Bertz CT molecular complexity index is 414. The minimum atomic E-state index is -0.0686. The summed E-state index contributed by atoms with van der Waals surface area (Å²) < 4.78 is 0. The Kier molecular flexibility index (Phi) is 3.49. The molecule has 0 aliphatic heterocycles. The summed E-state index contributed by atoms with van der Waals surface area (Å²) in [6, 6.07) is 0.262. The number of hydrogen-bond acceptors (Lipinski definition) is 4. The Hall–Kier alpha value is -0.940. The lowest BCUT2D eigenvalue weighted by atomic mass is 9.87. The molecule has 1 unspecified atom stereocenters. The number of nitrogens with two attached hydrogens (primary N) is 1. The highest BCUT2D eigenvalue weighted by Crippen LogP contribution is 2.37. The molecule has 3 N–H and O–H groups in total. The molecule has 1 aliphatic rings. The number of nitrogens with zero attached hydrogens (tertiary/aromatic N) is 1. The summed E-state index contributed by atoms with van der Waals surface area (Å²) in [5.74, 6) is -0.0686. The number of carbonyl (C=O) groups excluding carboxylic acids is 1. The summed E-state index contributed by atoms with van der Waals surface area (Å²) in [4.78, 5) is 16.2. The Morgan fingerprint density at radius 3 is 3.00 bits per heavy atom. The second-order valence-corrected chi connectivity index (χ2v) is 6.18. The first-order valence-corrected chi connectivity index (χ1v) is 6.86. The third-order valence-electron chi connectivity index (χ3n) is 3.52. The van der Waals surface area contributed by atoms with Gasteiger partial charge in [0.25, 0.3) is 5.91 Å². The van der Waals surface area contributed by atoms with Crippen LogP contribution in [-0.2, 0) is 6.54 Å². The number of thiazole rings is 1. The molecule has 0 radical (unpaired) electrons. The molecule has 0 bridgehead atoms. The van der Waals surface area contributed by atoms with Crippen molar-refractivity contribution in [3.05, 3.63) is 16.1 Å². The van der Waals surface area contributed by atoms with E-state index in [-0.39, 0.29) is 17.4 Å². The van der Waals surface area contributed by atoms with E-state index in [1.165, 1.54) is 24.2 Å². The van der Waals surface area contributed by atoms with Crippen LogP contribution in [0.4, 0.5) is 0 Å². The highest BCUT2D eigenvalue weighted by atomic mass is 32.1. The second kappa shape index (κ2) is 4.74. The van der Waals surface area contributed by atoms with Crippen LogP contribution in [0.3, 0.4) is 0 Å². The lowest BCUT2D eigenvalue weighted by Gasteiger charge is -2.27. The summed E-state index contributed by atoms with van der Waals surface area (Å²) in [6.07, 6.45) is 3.42. The molecule has 4 nitrogen and oxygen atoms in total. The van der Waals surface area contributed by atoms with E-state index in [1.807, 2.05) is 0 Å². The Morgan fingerprint density at radius 2 is 2.47 bits per heavy atom. The zero-order valence-electron chi connectivity index (χ0n) is 10.3. The van der Waals surface area contributed by atoms with Gasteiger partial charge in [0.1, 0.15) is 10.7 Å². The summed E-state index contributed by atoms with van der Waals surface area (Å²) in [7, 11) is 0. The molecule has 1 aliphatic carbocycles. The molecule has 2 rings (SSSR count). The molecular weight excluding hydrogens is 234 g/mol. The van der Waals surface area contributed by atoms with Crippen LogP contribution >= 0.6 is 11.3 Å². The molecule has 0 saturated heterocycles. The minimum absolute atomic E-state index is 0.0686. The second-order valence-electron chi connectivity index (χ2n) is 5.24. The first-order valence-electron chi connectivity index (χ1n) is 5.98. The predicted octanol–water partition coefficient (Wildman–Crippen LogP) is 1.91. The SMILES string of the molecule is CC1(C)CCCC1NC(=O)c1csc(CN)n1. The number of amides is 1. The lowest BCUT2D eigenvalue weighted by Crippen LogP contribution is -2.41. The highest BCUT2D eigenvalue weighted by molar-refractivity contribution is 7.09. The topological polar surface area (TPSA) is 68.0 Å². The zero-order chi connectivity index (χ0) is 12.5. The monoisotopic (exact) mass is 253 g/mol. The molecular formula is C12H19N3OS. The van der Waals surface area contributed by atoms with Gasteiger partial charge in [0.05, 0.1) is 0 Å². The molecule has 1 amide bonds. The van der Waals surface area contributed by atoms with E-state index in [1.54, 1.807) is 5.38 Å². The van der Waals surface area contributed by atoms with Crippen molar-refractivity contribution in [1.29, 1.82) is 0 Å². The predicted molar refractivity (Wildman–Crippen MR) is 68.9 cm³/mol. The van der Waals surface area contributed by atoms with Gasteiger partial charge < -0.3 is 11.1 Å². The summed E-state index contributed by atoms with van der Waals surface area (Å²) >= 11 is 1.44. The first-order chi connectivity index (χ1) is 8.03. The van der Waals surface area contributed by atoms with E-state index in [9.17, 15) is 4.79 Å². The van der Waals surface area contributed by atoms with Crippen LogP contribution in [0.5, 0.6) is 0 Å². The Morgan fingerprint density at radius 1 is 1.71 bits per heavy atom. The quantitative estimate of drug-likeness (QED) is 0.864. The first kappa shape index (κ1) is 12.5. The van der Waals surface area contributed by atoms with Crippen molar-refractivity contribution in [2.24, 2.45) is 11.1 Å². The largest absolute Gasteiger partial charge is 0.347 e. The van der Waals surface area contributed by atoms with Crippen LogP contribution in [0.1, 0.15) is 48.6 Å². The van der Waals surface area contributed by atoms with Crippen molar-refractivity contribution >= 4 is 17.2 Å². The van der Waals surface area contributed by atoms with Gasteiger partial charge >= 0.3 is 0 Å². The average molecular weight is 253 g/mol. The Balaban J connectivity index is 2.02. The smallest absolute Gasteiger partial charge is 0.270 e. The van der Waals surface area contributed by atoms with Crippen LogP contribution in [-0.4, -0.2) is 16.9 Å². The number of carbonyl (C=O) groups is 1. The van der Waals surface area contributed by atoms with Crippen LogP contribution in [0, 0.1) is 5.41 Å². The highest BCUT2D eigenvalue weighted by Gasteiger charge is 2.35. The molecule has 1 atom stereocenters. The number of nitrogens with one attached hydrogen (secondary N) is 1. The third-order valence-corrected chi connectivity index (χ3v) is 4.39. The fourth-order valence-corrected chi connectivity index (χ4v) is 2.99.